The van der Waals surface area contributed by atoms with Gasteiger partial charge in [-0.25, -0.2) is 0 Å². The Morgan fingerprint density at radius 2 is 1.94 bits per heavy atom. The molecular weight excluding hydrogens is 210 g/mol. The lowest BCUT2D eigenvalue weighted by Crippen LogP contribution is -2.17. The number of carbonyl (C=O) groups excluding carboxylic acids is 1. The Kier molecular flexibility index (Phi) is 4.79. The maximum Gasteiger partial charge on any atom is 0.135 e. The van der Waals surface area contributed by atoms with Crippen molar-refractivity contribution >= 4 is 5.78 Å². The molecule has 1 fully saturated rings. The molecule has 0 amide bonds. The molecule has 0 aliphatic heterocycles. The van der Waals surface area contributed by atoms with E-state index in [4.69, 9.17) is 5.73 Å². The van der Waals surface area contributed by atoms with E-state index in [1.54, 1.807) is 0 Å². The largest absolute Gasteiger partial charge is 0.402 e. The second-order valence-electron chi connectivity index (χ2n) is 6.19. The molecule has 2 heteroatoms. The van der Waals surface area contributed by atoms with Crippen molar-refractivity contribution in [3.05, 3.63) is 12.3 Å². The van der Waals surface area contributed by atoms with E-state index in [1.165, 1.54) is 12.8 Å². The van der Waals surface area contributed by atoms with E-state index in [-0.39, 0.29) is 5.92 Å². The smallest absolute Gasteiger partial charge is 0.135 e. The summed E-state index contributed by atoms with van der Waals surface area (Å²) in [6, 6.07) is 0. The van der Waals surface area contributed by atoms with E-state index in [0.717, 1.165) is 31.4 Å². The summed E-state index contributed by atoms with van der Waals surface area (Å²) in [6.45, 7) is 10.1. The van der Waals surface area contributed by atoms with Crippen LogP contribution in [0.25, 0.3) is 0 Å². The van der Waals surface area contributed by atoms with Gasteiger partial charge in [0.05, 0.1) is 0 Å². The van der Waals surface area contributed by atoms with Crippen LogP contribution in [0.4, 0.5) is 0 Å². The molecule has 0 spiro atoms. The van der Waals surface area contributed by atoms with Crippen molar-refractivity contribution in [1.82, 2.24) is 0 Å². The van der Waals surface area contributed by atoms with Crippen LogP contribution in [0.2, 0.25) is 0 Å². The number of rotatable bonds is 8. The number of hydrogen-bond donors (Lipinski definition) is 1. The van der Waals surface area contributed by atoms with Crippen LogP contribution in [0.3, 0.4) is 0 Å². The average Bonchev–Trinajstić information content (AvgIpc) is 2.95. The number of Topliss-reactive ketones (excluding diaryl/α,β-unsaturated/α-hetero) is 1. The van der Waals surface area contributed by atoms with Crippen molar-refractivity contribution < 1.29 is 4.79 Å². The first kappa shape index (κ1) is 14.3. The Bertz CT molecular complexity index is 289. The first-order valence-corrected chi connectivity index (χ1v) is 6.82. The highest BCUT2D eigenvalue weighted by molar-refractivity contribution is 5.80. The van der Waals surface area contributed by atoms with Crippen molar-refractivity contribution in [2.75, 3.05) is 0 Å². The minimum absolute atomic E-state index is 0.203. The topological polar surface area (TPSA) is 43.1 Å². The number of hydrogen-bond acceptors (Lipinski definition) is 2. The van der Waals surface area contributed by atoms with Gasteiger partial charge < -0.3 is 5.73 Å². The third-order valence-corrected chi connectivity index (χ3v) is 4.20. The maximum atomic E-state index is 11.9. The first-order valence-electron chi connectivity index (χ1n) is 6.82. The molecule has 1 saturated carbocycles. The fraction of sp³-hybridized carbons (Fsp3) is 0.800. The lowest BCUT2D eigenvalue weighted by molar-refractivity contribution is -0.123. The zero-order valence-electron chi connectivity index (χ0n) is 11.6. The van der Waals surface area contributed by atoms with Crippen LogP contribution in [0.1, 0.15) is 59.3 Å². The van der Waals surface area contributed by atoms with Crippen molar-refractivity contribution in [3.63, 3.8) is 0 Å². The van der Waals surface area contributed by atoms with Crippen LogP contribution >= 0.6 is 0 Å². The summed E-state index contributed by atoms with van der Waals surface area (Å²) in [5.41, 5.74) is 6.88. The van der Waals surface area contributed by atoms with Crippen LogP contribution in [-0.2, 0) is 4.79 Å². The molecule has 0 saturated heterocycles. The molecule has 1 aliphatic rings. The minimum Gasteiger partial charge on any atom is -0.402 e. The fourth-order valence-corrected chi connectivity index (χ4v) is 2.41. The van der Waals surface area contributed by atoms with Gasteiger partial charge in [-0.2, -0.15) is 0 Å². The van der Waals surface area contributed by atoms with Gasteiger partial charge in [0.2, 0.25) is 0 Å². The quantitative estimate of drug-likeness (QED) is 0.700. The molecule has 0 radical (unpaired) electrons. The van der Waals surface area contributed by atoms with E-state index < -0.39 is 0 Å². The van der Waals surface area contributed by atoms with Gasteiger partial charge >= 0.3 is 0 Å². The van der Waals surface area contributed by atoms with Gasteiger partial charge in [-0.15, -0.1) is 0 Å². The van der Waals surface area contributed by atoms with Crippen LogP contribution in [-0.4, -0.2) is 5.78 Å². The molecule has 1 aliphatic carbocycles. The Morgan fingerprint density at radius 1 is 1.35 bits per heavy atom. The van der Waals surface area contributed by atoms with Gasteiger partial charge in [0.15, 0.2) is 0 Å². The molecule has 0 bridgehead atoms. The van der Waals surface area contributed by atoms with Crippen molar-refractivity contribution in [1.29, 1.82) is 0 Å². The molecule has 1 unspecified atom stereocenters. The molecule has 17 heavy (non-hydrogen) atoms. The van der Waals surface area contributed by atoms with Gasteiger partial charge in [0.25, 0.3) is 0 Å². The predicted octanol–water partition coefficient (Wildman–Crippen LogP) is 3.66. The van der Waals surface area contributed by atoms with E-state index >= 15 is 0 Å². The van der Waals surface area contributed by atoms with Gasteiger partial charge in [-0.05, 0) is 43.4 Å². The summed E-state index contributed by atoms with van der Waals surface area (Å²) < 4.78 is 0. The Hall–Kier alpha value is -0.790. The molecule has 1 atom stereocenters. The van der Waals surface area contributed by atoms with Gasteiger partial charge in [-0.1, -0.05) is 27.4 Å². The molecular formula is C15H27NO. The van der Waals surface area contributed by atoms with E-state index in [2.05, 4.69) is 20.4 Å². The maximum absolute atomic E-state index is 11.9. The Labute approximate surface area is 106 Å². The second kappa shape index (κ2) is 5.70. The van der Waals surface area contributed by atoms with Crippen LogP contribution in [0, 0.1) is 17.3 Å². The lowest BCUT2D eigenvalue weighted by atomic mass is 9.88. The van der Waals surface area contributed by atoms with E-state index in [0.29, 0.717) is 17.1 Å². The summed E-state index contributed by atoms with van der Waals surface area (Å²) in [7, 11) is 0. The number of allylic oxidation sites excluding steroid dienone is 1. The van der Waals surface area contributed by atoms with Gasteiger partial charge in [0, 0.05) is 18.0 Å². The summed E-state index contributed by atoms with van der Waals surface area (Å²) >= 11 is 0. The van der Waals surface area contributed by atoms with E-state index in [1.807, 2.05) is 6.92 Å². The monoisotopic (exact) mass is 237 g/mol. The minimum atomic E-state index is 0.203. The third-order valence-electron chi connectivity index (χ3n) is 4.20. The zero-order chi connectivity index (χ0) is 13.1. The van der Waals surface area contributed by atoms with Gasteiger partial charge in [-0.3, -0.25) is 4.79 Å². The number of carbonyl (C=O) groups is 1. The SMILES string of the molecule is C=C(N)CC1(CCCC(=O)C(C)C(C)C)CC1. The highest BCUT2D eigenvalue weighted by Gasteiger charge is 2.41. The fourth-order valence-electron chi connectivity index (χ4n) is 2.41. The summed E-state index contributed by atoms with van der Waals surface area (Å²) in [6.07, 6.45) is 6.36. The average molecular weight is 237 g/mol. The molecule has 98 valence electrons. The van der Waals surface area contributed by atoms with E-state index in [9.17, 15) is 4.79 Å². The molecule has 0 aromatic heterocycles. The molecule has 1 rings (SSSR count). The third kappa shape index (κ3) is 4.53. The zero-order valence-corrected chi connectivity index (χ0v) is 11.6. The Morgan fingerprint density at radius 3 is 2.35 bits per heavy atom. The first-order chi connectivity index (χ1) is 7.86. The molecule has 0 aromatic rings. The summed E-state index contributed by atoms with van der Waals surface area (Å²) in [4.78, 5) is 11.9. The van der Waals surface area contributed by atoms with Crippen molar-refractivity contribution in [2.45, 2.75) is 59.3 Å². The normalized spacial score (nSPS) is 19.1. The standard InChI is InChI=1S/C15H27NO/c1-11(2)13(4)14(17)6-5-7-15(8-9-15)10-12(3)16/h11,13H,3,5-10,16H2,1-2,4H3. The van der Waals surface area contributed by atoms with Crippen LogP contribution in [0.15, 0.2) is 12.3 Å². The van der Waals surface area contributed by atoms with Crippen molar-refractivity contribution in [3.8, 4) is 0 Å². The van der Waals surface area contributed by atoms with Crippen LogP contribution < -0.4 is 5.73 Å². The number of nitrogens with two attached hydrogens (primary N) is 1. The summed E-state index contributed by atoms with van der Waals surface area (Å²) in [5.74, 6) is 1.08. The molecule has 2 N–H and O–H groups in total. The second-order valence-corrected chi connectivity index (χ2v) is 6.19. The highest BCUT2D eigenvalue weighted by atomic mass is 16.1. The Balaban J connectivity index is 2.24. The summed E-state index contributed by atoms with van der Waals surface area (Å²) in [5, 5.41) is 0. The van der Waals surface area contributed by atoms with Crippen LogP contribution in [0.5, 0.6) is 0 Å². The highest BCUT2D eigenvalue weighted by Crippen LogP contribution is 2.53. The number of ketones is 1. The van der Waals surface area contributed by atoms with Gasteiger partial charge in [0.1, 0.15) is 5.78 Å². The van der Waals surface area contributed by atoms with Crippen molar-refractivity contribution in [2.24, 2.45) is 23.0 Å². The molecule has 0 heterocycles. The molecule has 0 aromatic carbocycles. The molecule has 2 nitrogen and oxygen atoms in total. The lowest BCUT2D eigenvalue weighted by Gasteiger charge is -2.17. The predicted molar refractivity (Wildman–Crippen MR) is 72.5 cm³/mol.